The molecular weight excluding hydrogens is 420 g/mol. The Balaban J connectivity index is 1.74. The van der Waals surface area contributed by atoms with E-state index in [9.17, 15) is 9.59 Å². The molecule has 3 aromatic rings. The average Bonchev–Trinajstić information content (AvgIpc) is 3.16. The molecule has 0 aliphatic heterocycles. The summed E-state index contributed by atoms with van der Waals surface area (Å²) in [6.45, 7) is 11.8. The van der Waals surface area contributed by atoms with Crippen LogP contribution in [0.3, 0.4) is 0 Å². The van der Waals surface area contributed by atoms with Gasteiger partial charge < -0.3 is 5.32 Å². The first-order chi connectivity index (χ1) is 15.2. The number of ketones is 1. The van der Waals surface area contributed by atoms with Crippen LogP contribution in [0.1, 0.15) is 38.1 Å². The van der Waals surface area contributed by atoms with Crippen molar-refractivity contribution < 1.29 is 9.59 Å². The van der Waals surface area contributed by atoms with Gasteiger partial charge in [0.15, 0.2) is 16.8 Å². The standard InChI is InChI=1S/C25H28N4O2S/c1-6-16-29-22(19-10-8-7-9-11-19)27-28-24(29)32-17(2)21(30)18-12-14-20(15-13-18)26-23(31)25(3,4)5/h6-15,17H,1,16H2,2-5H3,(H,26,31). The maximum absolute atomic E-state index is 13.0. The third-order valence-corrected chi connectivity index (χ3v) is 5.90. The minimum Gasteiger partial charge on any atom is -0.326 e. The maximum atomic E-state index is 13.0. The molecule has 0 aliphatic rings. The summed E-state index contributed by atoms with van der Waals surface area (Å²) in [5.74, 6) is 0.654. The lowest BCUT2D eigenvalue weighted by Gasteiger charge is -2.18. The smallest absolute Gasteiger partial charge is 0.229 e. The summed E-state index contributed by atoms with van der Waals surface area (Å²) in [6, 6.07) is 16.8. The van der Waals surface area contributed by atoms with Gasteiger partial charge in [-0.15, -0.1) is 16.8 Å². The van der Waals surface area contributed by atoms with Crippen LogP contribution in [0.15, 0.2) is 72.4 Å². The zero-order chi connectivity index (χ0) is 23.3. The van der Waals surface area contributed by atoms with Crippen molar-refractivity contribution in [2.75, 3.05) is 5.32 Å². The van der Waals surface area contributed by atoms with Crippen molar-refractivity contribution in [1.82, 2.24) is 14.8 Å². The van der Waals surface area contributed by atoms with Crippen molar-refractivity contribution in [3.8, 4) is 11.4 Å². The molecule has 1 N–H and O–H groups in total. The quantitative estimate of drug-likeness (QED) is 0.281. The fourth-order valence-corrected chi connectivity index (χ4v) is 3.89. The highest BCUT2D eigenvalue weighted by Crippen LogP contribution is 2.29. The van der Waals surface area contributed by atoms with E-state index in [4.69, 9.17) is 0 Å². The number of thioether (sulfide) groups is 1. The van der Waals surface area contributed by atoms with E-state index in [1.54, 1.807) is 30.3 Å². The van der Waals surface area contributed by atoms with E-state index in [2.05, 4.69) is 22.1 Å². The zero-order valence-corrected chi connectivity index (χ0v) is 19.6. The molecule has 1 aromatic heterocycles. The first-order valence-electron chi connectivity index (χ1n) is 10.4. The van der Waals surface area contributed by atoms with Gasteiger partial charge in [0, 0.05) is 28.8 Å². The normalized spacial score (nSPS) is 12.2. The minimum absolute atomic E-state index is 0.0156. The minimum atomic E-state index is -0.486. The lowest BCUT2D eigenvalue weighted by molar-refractivity contribution is -0.123. The summed E-state index contributed by atoms with van der Waals surface area (Å²) in [7, 11) is 0. The van der Waals surface area contributed by atoms with E-state index >= 15 is 0 Å². The van der Waals surface area contributed by atoms with Gasteiger partial charge in [0.05, 0.1) is 5.25 Å². The Morgan fingerprint density at radius 2 is 1.75 bits per heavy atom. The molecule has 0 bridgehead atoms. The topological polar surface area (TPSA) is 76.9 Å². The molecule has 1 heterocycles. The third kappa shape index (κ3) is 5.53. The number of allylic oxidation sites excluding steroid dienone is 1. The zero-order valence-electron chi connectivity index (χ0n) is 18.8. The second kappa shape index (κ2) is 9.96. The number of amides is 1. The van der Waals surface area contributed by atoms with Crippen molar-refractivity contribution in [1.29, 1.82) is 0 Å². The van der Waals surface area contributed by atoms with Gasteiger partial charge in [-0.05, 0) is 31.2 Å². The molecule has 1 unspecified atom stereocenters. The second-order valence-electron chi connectivity index (χ2n) is 8.48. The predicted molar refractivity (Wildman–Crippen MR) is 130 cm³/mol. The number of hydrogen-bond donors (Lipinski definition) is 1. The van der Waals surface area contributed by atoms with Gasteiger partial charge in [-0.1, -0.05) is 68.9 Å². The van der Waals surface area contributed by atoms with Crippen LogP contribution < -0.4 is 5.32 Å². The van der Waals surface area contributed by atoms with Gasteiger partial charge in [0.2, 0.25) is 5.91 Å². The molecule has 0 saturated carbocycles. The molecular formula is C25H28N4O2S. The van der Waals surface area contributed by atoms with Crippen LogP contribution in [0.5, 0.6) is 0 Å². The molecule has 0 aliphatic carbocycles. The van der Waals surface area contributed by atoms with Gasteiger partial charge >= 0.3 is 0 Å². The molecule has 2 aromatic carbocycles. The third-order valence-electron chi connectivity index (χ3n) is 4.82. The average molecular weight is 449 g/mol. The summed E-state index contributed by atoms with van der Waals surface area (Å²) >= 11 is 1.37. The van der Waals surface area contributed by atoms with Crippen LogP contribution in [0.2, 0.25) is 0 Å². The highest BCUT2D eigenvalue weighted by atomic mass is 32.2. The Labute approximate surface area is 193 Å². The number of Topliss-reactive ketones (excluding diaryl/α,β-unsaturated/α-hetero) is 1. The van der Waals surface area contributed by atoms with Crippen LogP contribution in [-0.2, 0) is 11.3 Å². The van der Waals surface area contributed by atoms with Crippen molar-refractivity contribution in [3.05, 3.63) is 72.8 Å². The molecule has 0 saturated heterocycles. The Hall–Kier alpha value is -3.19. The number of benzene rings is 2. The molecule has 0 radical (unpaired) electrons. The monoisotopic (exact) mass is 448 g/mol. The summed E-state index contributed by atoms with van der Waals surface area (Å²) in [5, 5.41) is 11.8. The number of carbonyl (C=O) groups is 2. The van der Waals surface area contributed by atoms with Crippen LogP contribution in [0.25, 0.3) is 11.4 Å². The predicted octanol–water partition coefficient (Wildman–Crippen LogP) is 5.48. The van der Waals surface area contributed by atoms with E-state index in [-0.39, 0.29) is 16.9 Å². The van der Waals surface area contributed by atoms with Gasteiger partial charge in [-0.25, -0.2) is 0 Å². The number of hydrogen-bond acceptors (Lipinski definition) is 5. The molecule has 166 valence electrons. The number of rotatable bonds is 8. The van der Waals surface area contributed by atoms with E-state index in [1.165, 1.54) is 11.8 Å². The molecule has 32 heavy (non-hydrogen) atoms. The summed E-state index contributed by atoms with van der Waals surface area (Å²) in [4.78, 5) is 25.2. The van der Waals surface area contributed by atoms with Crippen LogP contribution in [0.4, 0.5) is 5.69 Å². The summed E-state index contributed by atoms with van der Waals surface area (Å²) in [5.41, 5.74) is 1.72. The first-order valence-corrected chi connectivity index (χ1v) is 11.3. The number of nitrogens with one attached hydrogen (secondary N) is 1. The number of anilines is 1. The Morgan fingerprint density at radius 3 is 2.34 bits per heavy atom. The molecule has 0 fully saturated rings. The lowest BCUT2D eigenvalue weighted by atomic mass is 9.95. The van der Waals surface area contributed by atoms with E-state index < -0.39 is 5.41 Å². The van der Waals surface area contributed by atoms with Crippen LogP contribution >= 0.6 is 11.8 Å². The SMILES string of the molecule is C=CCn1c(SC(C)C(=O)c2ccc(NC(=O)C(C)(C)C)cc2)nnc1-c1ccccc1. The maximum Gasteiger partial charge on any atom is 0.229 e. The summed E-state index contributed by atoms with van der Waals surface area (Å²) in [6.07, 6.45) is 1.79. The second-order valence-corrected chi connectivity index (χ2v) is 9.79. The van der Waals surface area contributed by atoms with Gasteiger partial charge in [-0.3, -0.25) is 14.2 Å². The molecule has 0 spiro atoms. The molecule has 6 nitrogen and oxygen atoms in total. The highest BCUT2D eigenvalue weighted by molar-refractivity contribution is 8.00. The van der Waals surface area contributed by atoms with Gasteiger partial charge in [-0.2, -0.15) is 0 Å². The fraction of sp³-hybridized carbons (Fsp3) is 0.280. The first kappa shape index (κ1) is 23.5. The Morgan fingerprint density at radius 1 is 1.09 bits per heavy atom. The molecule has 1 atom stereocenters. The van der Waals surface area contributed by atoms with Crippen molar-refractivity contribution in [3.63, 3.8) is 0 Å². The van der Waals surface area contributed by atoms with Crippen molar-refractivity contribution in [2.45, 2.75) is 44.6 Å². The number of carbonyl (C=O) groups excluding carboxylic acids is 2. The molecule has 1 amide bonds. The van der Waals surface area contributed by atoms with Crippen LogP contribution in [0, 0.1) is 5.41 Å². The van der Waals surface area contributed by atoms with Crippen molar-refractivity contribution in [2.24, 2.45) is 5.41 Å². The van der Waals surface area contributed by atoms with Gasteiger partial charge in [0.1, 0.15) is 0 Å². The van der Waals surface area contributed by atoms with E-state index in [0.29, 0.717) is 23.0 Å². The van der Waals surface area contributed by atoms with Gasteiger partial charge in [0.25, 0.3) is 0 Å². The molecule has 3 rings (SSSR count). The lowest BCUT2D eigenvalue weighted by Crippen LogP contribution is -2.27. The Bertz CT molecular complexity index is 1100. The Kier molecular flexibility index (Phi) is 7.30. The largest absolute Gasteiger partial charge is 0.326 e. The number of nitrogens with zero attached hydrogens (tertiary/aromatic N) is 3. The van der Waals surface area contributed by atoms with Crippen molar-refractivity contribution >= 4 is 29.1 Å². The van der Waals surface area contributed by atoms with E-state index in [1.807, 2.05) is 62.6 Å². The van der Waals surface area contributed by atoms with Crippen LogP contribution in [-0.4, -0.2) is 31.7 Å². The highest BCUT2D eigenvalue weighted by Gasteiger charge is 2.23. The molecule has 7 heteroatoms. The number of aromatic nitrogens is 3. The fourth-order valence-electron chi connectivity index (χ4n) is 2.95. The summed E-state index contributed by atoms with van der Waals surface area (Å²) < 4.78 is 1.96. The van der Waals surface area contributed by atoms with E-state index in [0.717, 1.165) is 11.4 Å².